The van der Waals surface area contributed by atoms with Gasteiger partial charge in [-0.3, -0.25) is 0 Å². The van der Waals surface area contributed by atoms with Gasteiger partial charge in [-0.15, -0.1) is 0 Å². The second kappa shape index (κ2) is 22.3. The molecule has 468 valence electrons. The van der Waals surface area contributed by atoms with Crippen LogP contribution in [0.25, 0.3) is 197 Å². The molecular weight excluding hydrogens is 1240 g/mol. The number of fused-ring (bicyclic) bond motifs is 6. The first-order valence-electron chi connectivity index (χ1n) is 34.6. The van der Waals surface area contributed by atoms with Gasteiger partial charge in [-0.25, -0.2) is 0 Å². The first kappa shape index (κ1) is 57.2. The molecule has 2 aliphatic heterocycles. The molecule has 0 spiro atoms. The predicted octanol–water partition coefficient (Wildman–Crippen LogP) is 27.1. The van der Waals surface area contributed by atoms with Gasteiger partial charge in [0, 0.05) is 32.7 Å². The molecule has 20 aromatic rings. The number of rotatable bonds is 6. The van der Waals surface area contributed by atoms with E-state index in [1.165, 1.54) is 131 Å². The molecular formula is C98H54N2O2. The highest BCUT2D eigenvalue weighted by Gasteiger charge is 2.25. The van der Waals surface area contributed by atoms with Gasteiger partial charge in [-0.2, -0.15) is 10.5 Å². The summed E-state index contributed by atoms with van der Waals surface area (Å²) in [6.07, 6.45) is 0. The highest BCUT2D eigenvalue weighted by Crippen LogP contribution is 2.51. The van der Waals surface area contributed by atoms with Gasteiger partial charge >= 0.3 is 0 Å². The van der Waals surface area contributed by atoms with Gasteiger partial charge in [0.05, 0.1) is 23.3 Å². The number of hydrogen-bond donors (Lipinski definition) is 0. The summed E-state index contributed by atoms with van der Waals surface area (Å²) in [5.74, 6) is 3.24. The lowest BCUT2D eigenvalue weighted by Gasteiger charge is -2.22. The monoisotopic (exact) mass is 1290 g/mol. The predicted molar refractivity (Wildman–Crippen MR) is 423 cm³/mol. The van der Waals surface area contributed by atoms with Crippen molar-refractivity contribution in [3.05, 3.63) is 339 Å². The lowest BCUT2D eigenvalue weighted by Crippen LogP contribution is -1.98. The van der Waals surface area contributed by atoms with Gasteiger partial charge in [-0.1, -0.05) is 224 Å². The topological polar surface area (TPSA) is 66.0 Å². The molecule has 102 heavy (non-hydrogen) atoms. The van der Waals surface area contributed by atoms with Crippen LogP contribution in [0.3, 0.4) is 0 Å². The van der Waals surface area contributed by atoms with Crippen molar-refractivity contribution >= 4 is 108 Å². The van der Waals surface area contributed by atoms with E-state index in [0.717, 1.165) is 89.1 Å². The molecule has 0 N–H and O–H groups in total. The minimum Gasteiger partial charge on any atom is -0.456 e. The van der Waals surface area contributed by atoms with Crippen LogP contribution in [0.5, 0.6) is 23.0 Å². The molecule has 2 aliphatic rings. The molecule has 0 aliphatic carbocycles. The summed E-state index contributed by atoms with van der Waals surface area (Å²) >= 11 is 0. The van der Waals surface area contributed by atoms with E-state index < -0.39 is 0 Å². The van der Waals surface area contributed by atoms with Crippen molar-refractivity contribution in [2.45, 2.75) is 0 Å². The smallest absolute Gasteiger partial charge is 0.135 e. The zero-order valence-corrected chi connectivity index (χ0v) is 54.9. The molecule has 4 nitrogen and oxygen atoms in total. The molecule has 0 aromatic heterocycles. The molecule has 0 atom stereocenters. The maximum absolute atomic E-state index is 9.64. The Balaban J connectivity index is 0.000000133. The molecule has 22 rings (SSSR count). The maximum atomic E-state index is 9.64. The molecule has 0 fully saturated rings. The molecule has 0 saturated carbocycles. The minimum absolute atomic E-state index is 0.663. The second-order valence-corrected chi connectivity index (χ2v) is 27.2. The average molecular weight is 1290 g/mol. The SMILES string of the molecule is N#Cc1ccc2c3c(cccc13)Oc1cc(-c3ccc(-c4cc5ccc6cc(-c7ccc8ccccc8c7)cc7ccc(c4)c5c67)cc3)ccc1-2.N#Cc1ccc2c3c(cccc13)Oc1cc(-c3ccc(-c4cc5ccc6cc(-c7cccc8ccccc78)cc7ccc(c4)c5c67)cc3)ccc1-2. The van der Waals surface area contributed by atoms with Crippen molar-refractivity contribution in [2.24, 2.45) is 0 Å². The van der Waals surface area contributed by atoms with Crippen LogP contribution in [0.2, 0.25) is 0 Å². The van der Waals surface area contributed by atoms with E-state index in [-0.39, 0.29) is 0 Å². The summed E-state index contributed by atoms with van der Waals surface area (Å²) in [5.41, 5.74) is 19.9. The van der Waals surface area contributed by atoms with Crippen LogP contribution in [0.15, 0.2) is 328 Å². The summed E-state index contributed by atoms with van der Waals surface area (Å²) in [4.78, 5) is 0. The van der Waals surface area contributed by atoms with E-state index in [9.17, 15) is 10.5 Å². The molecule has 20 aromatic carbocycles. The molecule has 0 saturated heterocycles. The molecule has 4 heteroatoms. The fraction of sp³-hybridized carbons (Fsp3) is 0. The van der Waals surface area contributed by atoms with Crippen molar-refractivity contribution in [3.63, 3.8) is 0 Å². The van der Waals surface area contributed by atoms with Crippen LogP contribution in [0, 0.1) is 22.7 Å². The van der Waals surface area contributed by atoms with Crippen LogP contribution < -0.4 is 9.47 Å². The summed E-state index contributed by atoms with van der Waals surface area (Å²) < 4.78 is 12.9. The van der Waals surface area contributed by atoms with Crippen LogP contribution in [-0.2, 0) is 0 Å². The van der Waals surface area contributed by atoms with Crippen molar-refractivity contribution in [2.75, 3.05) is 0 Å². The van der Waals surface area contributed by atoms with Crippen molar-refractivity contribution < 1.29 is 9.47 Å². The number of hydrogen-bond acceptors (Lipinski definition) is 4. The van der Waals surface area contributed by atoms with Crippen LogP contribution in [0.4, 0.5) is 0 Å². The van der Waals surface area contributed by atoms with Gasteiger partial charge < -0.3 is 9.47 Å². The van der Waals surface area contributed by atoms with Gasteiger partial charge in [-0.05, 0) is 267 Å². The highest BCUT2D eigenvalue weighted by atomic mass is 16.5. The molecule has 0 radical (unpaired) electrons. The van der Waals surface area contributed by atoms with Crippen molar-refractivity contribution in [1.82, 2.24) is 0 Å². The molecule has 0 amide bonds. The average Bonchev–Trinajstić information content (AvgIpc) is 0.747. The number of nitrogens with zero attached hydrogens (tertiary/aromatic N) is 2. The second-order valence-electron chi connectivity index (χ2n) is 27.2. The van der Waals surface area contributed by atoms with E-state index >= 15 is 0 Å². The summed E-state index contributed by atoms with van der Waals surface area (Å²) in [6.45, 7) is 0. The summed E-state index contributed by atoms with van der Waals surface area (Å²) in [5, 5.41) is 43.6. The molecule has 0 unspecified atom stereocenters. The van der Waals surface area contributed by atoms with E-state index in [1.54, 1.807) is 0 Å². The van der Waals surface area contributed by atoms with E-state index in [1.807, 2.05) is 60.7 Å². The largest absolute Gasteiger partial charge is 0.456 e. The Kier molecular flexibility index (Phi) is 12.5. The summed E-state index contributed by atoms with van der Waals surface area (Å²) in [7, 11) is 0. The Hall–Kier alpha value is -13.9. The summed E-state index contributed by atoms with van der Waals surface area (Å²) in [6, 6.07) is 122. The van der Waals surface area contributed by atoms with Gasteiger partial charge in [0.1, 0.15) is 23.0 Å². The van der Waals surface area contributed by atoms with Crippen molar-refractivity contribution in [1.29, 1.82) is 10.5 Å². The first-order valence-corrected chi connectivity index (χ1v) is 34.6. The Morgan fingerprint density at radius 1 is 0.176 bits per heavy atom. The van der Waals surface area contributed by atoms with Gasteiger partial charge in [0.2, 0.25) is 0 Å². The van der Waals surface area contributed by atoms with E-state index in [2.05, 4.69) is 279 Å². The Morgan fingerprint density at radius 3 is 0.941 bits per heavy atom. The standard InChI is InChI=1S/2C49H27NO/c50-28-37-20-22-44-43-21-19-32(27-46(43)51-45-10-4-9-42(37)49(44)45)29-11-13-30(14-12-29)38-23-33-15-17-35-25-39(26-36-18-16-34(24-38)47(33)48(35)36)41-8-3-6-31-5-1-2-7-40(31)41;50-28-39-19-21-44-43-20-18-34(27-46(43)51-45-7-3-6-42(39)49(44)45)30-8-10-31(11-9-30)40-23-35-14-16-37-25-41(26-38-17-15-36(24-40)47(35)48(37)38)33-13-12-29-4-1-2-5-32(29)22-33/h2*1-27H. The fourth-order valence-electron chi connectivity index (χ4n) is 16.7. The van der Waals surface area contributed by atoms with Gasteiger partial charge in [0.15, 0.2) is 0 Å². The minimum atomic E-state index is 0.663. The van der Waals surface area contributed by atoms with Gasteiger partial charge in [0.25, 0.3) is 0 Å². The quantitative estimate of drug-likeness (QED) is 0.156. The number of benzene rings is 20. The Bertz CT molecular complexity index is 6930. The third-order valence-corrected chi connectivity index (χ3v) is 21.6. The lowest BCUT2D eigenvalue weighted by atomic mass is 9.88. The van der Waals surface area contributed by atoms with Crippen LogP contribution in [-0.4, -0.2) is 0 Å². The third kappa shape index (κ3) is 9.01. The number of nitriles is 2. The van der Waals surface area contributed by atoms with E-state index in [4.69, 9.17) is 9.47 Å². The normalized spacial score (nSPS) is 12.1. The highest BCUT2D eigenvalue weighted by molar-refractivity contribution is 6.26. The first-order chi connectivity index (χ1) is 50.4. The van der Waals surface area contributed by atoms with E-state index in [0.29, 0.717) is 11.1 Å². The lowest BCUT2D eigenvalue weighted by molar-refractivity contribution is 0.487. The van der Waals surface area contributed by atoms with Crippen molar-refractivity contribution in [3.8, 4) is 124 Å². The Labute approximate surface area is 586 Å². The fourth-order valence-corrected chi connectivity index (χ4v) is 16.7. The molecule has 0 bridgehead atoms. The zero-order valence-electron chi connectivity index (χ0n) is 54.9. The third-order valence-electron chi connectivity index (χ3n) is 21.6. The van der Waals surface area contributed by atoms with Crippen LogP contribution >= 0.6 is 0 Å². The zero-order chi connectivity index (χ0) is 67.3. The number of ether oxygens (including phenoxy) is 2. The maximum Gasteiger partial charge on any atom is 0.135 e. The molecule has 2 heterocycles. The Morgan fingerprint density at radius 2 is 0.490 bits per heavy atom. The van der Waals surface area contributed by atoms with Crippen LogP contribution in [0.1, 0.15) is 11.1 Å².